The van der Waals surface area contributed by atoms with E-state index in [4.69, 9.17) is 18.9 Å². The molecule has 7 heterocycles. The van der Waals surface area contributed by atoms with Crippen LogP contribution in [0.2, 0.25) is 0 Å². The van der Waals surface area contributed by atoms with Gasteiger partial charge in [0.2, 0.25) is 44.7 Å². The van der Waals surface area contributed by atoms with E-state index in [0.717, 1.165) is 97.3 Å². The SMILES string of the molecule is COc1cccc(Nc2ccnc(Nc3ccc(S(=O)(=O)NCCN4CCCC4)cc3)n2)c1.Cc1cnc(Nc2ccc(OCCN3CCCC3)cc2)nc1Nc1ccc2c(c1)OCO2.O=S(=O)(NCCN1CCCC1)c1ccc(Nc2nccc(Nc3cccc(O)c3)n2)cc1. The number of phenolic OH excluding ortho intramolecular Hbond substituents is 1. The Morgan fingerprint density at radius 2 is 0.948 bits per heavy atom. The maximum absolute atomic E-state index is 12.5. The largest absolute Gasteiger partial charge is 0.508 e. The van der Waals surface area contributed by atoms with Crippen LogP contribution < -0.4 is 60.3 Å². The Hall–Kier alpha value is -9.94. The zero-order chi connectivity index (χ0) is 67.2. The van der Waals surface area contributed by atoms with Crippen LogP contribution in [0.4, 0.5) is 69.4 Å². The van der Waals surface area contributed by atoms with Crippen molar-refractivity contribution >= 4 is 89.5 Å². The first-order valence-electron chi connectivity index (χ1n) is 32.3. The standard InChI is InChI=1S/C24H27N5O3.C23H28N6O3S.C22H26N6O3S/c1-17-15-25-24(28-23(17)26-19-6-9-21-22(14-19)32-16-31-21)27-18-4-7-20(8-5-18)30-13-12-29-10-2-3-11-29;1-32-20-6-4-5-19(17-20)26-22-11-12-24-23(28-22)27-18-7-9-21(10-8-18)33(30,31)25-13-16-29-14-2-3-15-29;29-19-5-3-4-18(16-19)25-21-10-11-23-22(27-21)26-17-6-8-20(9-7-17)32(30,31)24-12-15-28-13-1-2-14-28/h4-9,14-15H,2-3,10-13,16H2,1H3,(H2,25,26,27,28);4-12,17,25H,2-3,13-16H2,1H3,(H2,24,26,27,28);3-11,16,24,29H,1-2,12-15H2,(H2,23,25,26,27). The summed E-state index contributed by atoms with van der Waals surface area (Å²) in [5, 5.41) is 28.7. The Balaban J connectivity index is 0.000000148. The molecular formula is C69H81N17O9S2. The molecule has 0 aliphatic carbocycles. The van der Waals surface area contributed by atoms with Crippen LogP contribution in [0.1, 0.15) is 44.1 Å². The van der Waals surface area contributed by atoms with E-state index in [-0.39, 0.29) is 22.3 Å². The van der Waals surface area contributed by atoms with E-state index in [1.54, 1.807) is 105 Å². The van der Waals surface area contributed by atoms with Gasteiger partial charge in [-0.3, -0.25) is 4.90 Å². The van der Waals surface area contributed by atoms with Crippen LogP contribution in [0.25, 0.3) is 0 Å². The minimum atomic E-state index is -3.55. The van der Waals surface area contributed by atoms with Crippen molar-refractivity contribution in [3.8, 4) is 28.7 Å². The van der Waals surface area contributed by atoms with Gasteiger partial charge in [0.15, 0.2) is 11.5 Å². The number of anilines is 12. The summed E-state index contributed by atoms with van der Waals surface area (Å²) >= 11 is 0. The third kappa shape index (κ3) is 20.8. The second-order valence-electron chi connectivity index (χ2n) is 23.2. The highest BCUT2D eigenvalue weighted by molar-refractivity contribution is 7.89. The molecule has 0 radical (unpaired) electrons. The number of nitrogens with one attached hydrogen (secondary N) is 8. The fourth-order valence-corrected chi connectivity index (χ4v) is 13.0. The highest BCUT2D eigenvalue weighted by Crippen LogP contribution is 2.36. The van der Waals surface area contributed by atoms with Gasteiger partial charge in [0, 0.05) is 109 Å². The van der Waals surface area contributed by atoms with E-state index in [2.05, 4.69) is 85.9 Å². The fourth-order valence-electron chi connectivity index (χ4n) is 10.9. The summed E-state index contributed by atoms with van der Waals surface area (Å²) in [6.45, 7) is 12.7. The molecule has 4 aliphatic heterocycles. The number of nitrogens with zero attached hydrogens (tertiary/aromatic N) is 9. The van der Waals surface area contributed by atoms with Crippen molar-refractivity contribution in [2.75, 3.05) is 124 Å². The monoisotopic (exact) mass is 1360 g/mol. The number of rotatable bonds is 27. The molecule has 508 valence electrons. The summed E-state index contributed by atoms with van der Waals surface area (Å²) in [5.41, 5.74) is 5.59. The number of aromatic nitrogens is 6. The number of fused-ring (bicyclic) bond motifs is 1. The molecule has 0 unspecified atom stereocenters. The first-order valence-corrected chi connectivity index (χ1v) is 35.2. The van der Waals surface area contributed by atoms with Crippen molar-refractivity contribution in [1.29, 1.82) is 0 Å². The number of sulfonamides is 2. The minimum absolute atomic E-state index is 0.156. The number of methoxy groups -OCH3 is 1. The molecule has 3 fully saturated rings. The second-order valence-corrected chi connectivity index (χ2v) is 26.8. The number of ether oxygens (including phenoxy) is 4. The molecule has 28 heteroatoms. The number of likely N-dealkylation sites (tertiary alicyclic amines) is 3. The van der Waals surface area contributed by atoms with Gasteiger partial charge in [-0.1, -0.05) is 12.1 Å². The van der Waals surface area contributed by atoms with Gasteiger partial charge in [0.05, 0.1) is 16.9 Å². The van der Waals surface area contributed by atoms with Gasteiger partial charge < -0.3 is 65.8 Å². The summed E-state index contributed by atoms with van der Waals surface area (Å²) in [6.07, 6.45) is 12.4. The molecule has 0 saturated carbocycles. The molecule has 0 spiro atoms. The molecule has 9 aromatic rings. The van der Waals surface area contributed by atoms with Gasteiger partial charge >= 0.3 is 0 Å². The molecule has 6 aromatic carbocycles. The molecular weight excluding hydrogens is 1280 g/mol. The summed E-state index contributed by atoms with van der Waals surface area (Å²) in [7, 11) is -5.48. The van der Waals surface area contributed by atoms with Crippen molar-refractivity contribution in [2.24, 2.45) is 0 Å². The average molecular weight is 1360 g/mol. The zero-order valence-corrected chi connectivity index (χ0v) is 55.8. The average Bonchev–Trinajstić information content (AvgIpc) is 2.04. The van der Waals surface area contributed by atoms with Gasteiger partial charge in [0.1, 0.15) is 41.3 Å². The highest BCUT2D eigenvalue weighted by atomic mass is 32.2. The molecule has 13 rings (SSSR count). The molecule has 0 amide bonds. The Labute approximate surface area is 565 Å². The molecule has 3 saturated heterocycles. The Kier molecular flexibility index (Phi) is 23.7. The number of hydrogen-bond acceptors (Lipinski definition) is 24. The summed E-state index contributed by atoms with van der Waals surface area (Å²) in [4.78, 5) is 33.7. The lowest BCUT2D eigenvalue weighted by molar-refractivity contribution is 0.174. The number of aromatic hydroxyl groups is 1. The normalized spacial score (nSPS) is 14.5. The van der Waals surface area contributed by atoms with Gasteiger partial charge in [-0.05, 0) is 206 Å². The topological polar surface area (TPSA) is 309 Å². The fraction of sp³-hybridized carbons (Fsp3) is 0.304. The van der Waals surface area contributed by atoms with E-state index in [1.165, 1.54) is 51.6 Å². The second kappa shape index (κ2) is 33.6. The third-order valence-electron chi connectivity index (χ3n) is 16.0. The number of benzene rings is 6. The van der Waals surface area contributed by atoms with Crippen molar-refractivity contribution < 1.29 is 40.9 Å². The first-order chi connectivity index (χ1) is 47.2. The number of hydrogen-bond donors (Lipinski definition) is 9. The van der Waals surface area contributed by atoms with Gasteiger partial charge in [-0.25, -0.2) is 41.2 Å². The van der Waals surface area contributed by atoms with Crippen LogP contribution in [0.15, 0.2) is 180 Å². The predicted octanol–water partition coefficient (Wildman–Crippen LogP) is 10.9. The number of aryl methyl sites for hydroxylation is 1. The maximum atomic E-state index is 12.5. The lowest BCUT2D eigenvalue weighted by Gasteiger charge is -2.15. The maximum Gasteiger partial charge on any atom is 0.240 e. The number of phenols is 1. The van der Waals surface area contributed by atoms with Crippen LogP contribution in [0, 0.1) is 6.92 Å². The lowest BCUT2D eigenvalue weighted by Crippen LogP contribution is -2.33. The van der Waals surface area contributed by atoms with Crippen LogP contribution in [0.5, 0.6) is 28.7 Å². The van der Waals surface area contributed by atoms with E-state index in [9.17, 15) is 21.9 Å². The lowest BCUT2D eigenvalue weighted by atomic mass is 10.2. The van der Waals surface area contributed by atoms with Gasteiger partial charge in [-0.2, -0.15) is 15.0 Å². The van der Waals surface area contributed by atoms with Gasteiger partial charge in [0.25, 0.3) is 0 Å². The zero-order valence-electron chi connectivity index (χ0n) is 54.2. The van der Waals surface area contributed by atoms with E-state index < -0.39 is 20.0 Å². The van der Waals surface area contributed by atoms with E-state index >= 15 is 0 Å². The summed E-state index contributed by atoms with van der Waals surface area (Å²) in [5.74, 6) is 6.39. The van der Waals surface area contributed by atoms with Crippen LogP contribution in [0.3, 0.4) is 0 Å². The molecule has 0 bridgehead atoms. The van der Waals surface area contributed by atoms with E-state index in [1.807, 2.05) is 79.7 Å². The van der Waals surface area contributed by atoms with Crippen LogP contribution >= 0.6 is 0 Å². The summed E-state index contributed by atoms with van der Waals surface area (Å²) in [6, 6.07) is 44.3. The van der Waals surface area contributed by atoms with Crippen LogP contribution in [-0.4, -0.2) is 159 Å². The highest BCUT2D eigenvalue weighted by Gasteiger charge is 2.20. The molecule has 0 atom stereocenters. The Morgan fingerprint density at radius 1 is 0.474 bits per heavy atom. The van der Waals surface area contributed by atoms with Crippen molar-refractivity contribution in [1.82, 2.24) is 54.0 Å². The Morgan fingerprint density at radius 3 is 1.48 bits per heavy atom. The van der Waals surface area contributed by atoms with Crippen molar-refractivity contribution in [2.45, 2.75) is 55.2 Å². The Bertz CT molecular complexity index is 4240. The van der Waals surface area contributed by atoms with Crippen molar-refractivity contribution in [3.63, 3.8) is 0 Å². The molecule has 26 nitrogen and oxygen atoms in total. The minimum Gasteiger partial charge on any atom is -0.508 e. The molecule has 9 N–H and O–H groups in total. The van der Waals surface area contributed by atoms with E-state index in [0.29, 0.717) is 66.2 Å². The molecule has 4 aliphatic rings. The predicted molar refractivity (Wildman–Crippen MR) is 376 cm³/mol. The quantitative estimate of drug-likeness (QED) is 0.0231. The summed E-state index contributed by atoms with van der Waals surface area (Å²) < 4.78 is 77.4. The first kappa shape index (κ1) is 68.4. The van der Waals surface area contributed by atoms with Crippen molar-refractivity contribution in [3.05, 3.63) is 176 Å². The van der Waals surface area contributed by atoms with Crippen LogP contribution in [-0.2, 0) is 20.0 Å². The molecule has 3 aromatic heterocycles. The third-order valence-corrected chi connectivity index (χ3v) is 19.0. The molecule has 97 heavy (non-hydrogen) atoms. The van der Waals surface area contributed by atoms with Gasteiger partial charge in [-0.15, -0.1) is 0 Å². The smallest absolute Gasteiger partial charge is 0.240 e.